The van der Waals surface area contributed by atoms with Crippen molar-refractivity contribution in [3.63, 3.8) is 0 Å². The molecule has 0 atom stereocenters. The van der Waals surface area contributed by atoms with E-state index in [1.165, 1.54) is 25.0 Å². The third kappa shape index (κ3) is 4.29. The standard InChI is InChI=1S/C29H28F2N6/c30-23-17-20(7-8-21(23)19-32)28-34-27-26(36-15-5-2-6-16-36)11-12-33-29(27)37(28)25-10-9-22(18-24(25)31)35-13-3-1-4-14-35/h7-12,17-18H,1-6,13-16H2. The van der Waals surface area contributed by atoms with E-state index in [4.69, 9.17) is 4.98 Å². The van der Waals surface area contributed by atoms with E-state index in [2.05, 4.69) is 14.8 Å². The lowest BCUT2D eigenvalue weighted by Gasteiger charge is -2.29. The first-order valence-corrected chi connectivity index (χ1v) is 13.0. The molecule has 0 saturated carbocycles. The van der Waals surface area contributed by atoms with Crippen molar-refractivity contribution in [1.82, 2.24) is 14.5 Å². The van der Waals surface area contributed by atoms with E-state index in [-0.39, 0.29) is 11.4 Å². The Labute approximate surface area is 214 Å². The lowest BCUT2D eigenvalue weighted by molar-refractivity contribution is 0.573. The van der Waals surface area contributed by atoms with Gasteiger partial charge in [0.1, 0.15) is 29.0 Å². The first-order valence-electron chi connectivity index (χ1n) is 13.0. The second-order valence-corrected chi connectivity index (χ2v) is 9.81. The predicted molar refractivity (Wildman–Crippen MR) is 141 cm³/mol. The average Bonchev–Trinajstić information content (AvgIpc) is 3.33. The van der Waals surface area contributed by atoms with Gasteiger partial charge in [-0.2, -0.15) is 5.26 Å². The van der Waals surface area contributed by atoms with Crippen LogP contribution in [0.2, 0.25) is 0 Å². The highest BCUT2D eigenvalue weighted by molar-refractivity contribution is 5.90. The van der Waals surface area contributed by atoms with Crippen LogP contribution in [0.25, 0.3) is 28.2 Å². The lowest BCUT2D eigenvalue weighted by atomic mass is 10.1. The SMILES string of the molecule is N#Cc1ccc(-c2nc3c(N4CCCCC4)ccnc3n2-c2ccc(N3CCCCC3)cc2F)cc1F. The Balaban J connectivity index is 1.54. The molecule has 2 aromatic carbocycles. The monoisotopic (exact) mass is 498 g/mol. The highest BCUT2D eigenvalue weighted by Gasteiger charge is 2.24. The van der Waals surface area contributed by atoms with Gasteiger partial charge in [-0.3, -0.25) is 4.57 Å². The molecule has 2 aliphatic rings. The third-order valence-electron chi connectivity index (χ3n) is 7.46. The maximum Gasteiger partial charge on any atom is 0.167 e. The number of piperidine rings is 2. The molecule has 2 saturated heterocycles. The molecule has 188 valence electrons. The van der Waals surface area contributed by atoms with Crippen LogP contribution >= 0.6 is 0 Å². The Morgan fingerprint density at radius 1 is 0.757 bits per heavy atom. The molecule has 37 heavy (non-hydrogen) atoms. The molecule has 4 aromatic rings. The van der Waals surface area contributed by atoms with E-state index < -0.39 is 5.82 Å². The molecular weight excluding hydrogens is 470 g/mol. The maximum absolute atomic E-state index is 15.8. The molecule has 8 heteroatoms. The zero-order valence-corrected chi connectivity index (χ0v) is 20.6. The van der Waals surface area contributed by atoms with Crippen LogP contribution in [0.5, 0.6) is 0 Å². The summed E-state index contributed by atoms with van der Waals surface area (Å²) in [7, 11) is 0. The van der Waals surface area contributed by atoms with Crippen LogP contribution in [0.1, 0.15) is 44.1 Å². The van der Waals surface area contributed by atoms with E-state index in [1.807, 2.05) is 18.2 Å². The van der Waals surface area contributed by atoms with Crippen LogP contribution in [0, 0.1) is 23.0 Å². The normalized spacial score (nSPS) is 16.2. The van der Waals surface area contributed by atoms with Crippen LogP contribution in [0.15, 0.2) is 48.7 Å². The third-order valence-corrected chi connectivity index (χ3v) is 7.46. The number of anilines is 2. The average molecular weight is 499 g/mol. The van der Waals surface area contributed by atoms with E-state index in [0.29, 0.717) is 28.2 Å². The molecule has 0 unspecified atom stereocenters. The van der Waals surface area contributed by atoms with Crippen LogP contribution < -0.4 is 9.80 Å². The number of aromatic nitrogens is 3. The van der Waals surface area contributed by atoms with E-state index in [9.17, 15) is 9.65 Å². The summed E-state index contributed by atoms with van der Waals surface area (Å²) in [6.45, 7) is 3.68. The fraction of sp³-hybridized carbons (Fsp3) is 0.345. The summed E-state index contributed by atoms with van der Waals surface area (Å²) in [5.74, 6) is -0.633. The molecule has 2 aliphatic heterocycles. The largest absolute Gasteiger partial charge is 0.371 e. The molecule has 0 radical (unpaired) electrons. The Kier molecular flexibility index (Phi) is 6.21. The van der Waals surface area contributed by atoms with Gasteiger partial charge in [0.25, 0.3) is 0 Å². The number of pyridine rings is 1. The predicted octanol–water partition coefficient (Wildman–Crippen LogP) is 6.22. The highest BCUT2D eigenvalue weighted by atomic mass is 19.1. The molecule has 4 heterocycles. The number of imidazole rings is 1. The zero-order valence-electron chi connectivity index (χ0n) is 20.6. The van der Waals surface area contributed by atoms with Gasteiger partial charge in [-0.05, 0) is 81.0 Å². The Bertz CT molecular complexity index is 1490. The second kappa shape index (κ2) is 9.81. The number of benzene rings is 2. The van der Waals surface area contributed by atoms with Gasteiger partial charge in [-0.15, -0.1) is 0 Å². The summed E-state index contributed by atoms with van der Waals surface area (Å²) in [6, 6.07) is 13.5. The van der Waals surface area contributed by atoms with Crippen molar-refractivity contribution in [2.75, 3.05) is 36.0 Å². The summed E-state index contributed by atoms with van der Waals surface area (Å²) < 4.78 is 32.2. The number of fused-ring (bicyclic) bond motifs is 1. The summed E-state index contributed by atoms with van der Waals surface area (Å²) in [4.78, 5) is 14.0. The number of nitriles is 1. The van der Waals surface area contributed by atoms with Crippen LogP contribution in [-0.2, 0) is 0 Å². The molecule has 6 rings (SSSR count). The first-order chi connectivity index (χ1) is 18.1. The van der Waals surface area contributed by atoms with E-state index in [0.717, 1.165) is 63.2 Å². The van der Waals surface area contributed by atoms with Gasteiger partial charge in [0.15, 0.2) is 5.65 Å². The first kappa shape index (κ1) is 23.4. The van der Waals surface area contributed by atoms with Gasteiger partial charge in [0.2, 0.25) is 0 Å². The molecule has 0 amide bonds. The van der Waals surface area contributed by atoms with Crippen molar-refractivity contribution in [3.05, 3.63) is 65.9 Å². The lowest BCUT2D eigenvalue weighted by Crippen LogP contribution is -2.29. The smallest absolute Gasteiger partial charge is 0.167 e. The minimum Gasteiger partial charge on any atom is -0.371 e. The second-order valence-electron chi connectivity index (χ2n) is 9.81. The summed E-state index contributed by atoms with van der Waals surface area (Å²) in [5.41, 5.74) is 3.71. The van der Waals surface area contributed by atoms with Crippen molar-refractivity contribution >= 4 is 22.5 Å². The molecule has 2 aromatic heterocycles. The Morgan fingerprint density at radius 3 is 2.16 bits per heavy atom. The number of rotatable bonds is 4. The van der Waals surface area contributed by atoms with Gasteiger partial charge in [0.05, 0.1) is 16.9 Å². The van der Waals surface area contributed by atoms with Crippen LogP contribution in [0.4, 0.5) is 20.2 Å². The number of hydrogen-bond donors (Lipinski definition) is 0. The van der Waals surface area contributed by atoms with Gasteiger partial charge in [-0.1, -0.05) is 0 Å². The van der Waals surface area contributed by atoms with Crippen molar-refractivity contribution in [2.45, 2.75) is 38.5 Å². The topological polar surface area (TPSA) is 61.0 Å². The molecular formula is C29H28F2N6. The minimum atomic E-state index is -0.635. The van der Waals surface area contributed by atoms with E-state index >= 15 is 4.39 Å². The van der Waals surface area contributed by atoms with Crippen molar-refractivity contribution in [2.24, 2.45) is 0 Å². The van der Waals surface area contributed by atoms with Crippen molar-refractivity contribution in [1.29, 1.82) is 5.26 Å². The fourth-order valence-electron chi connectivity index (χ4n) is 5.54. The summed E-state index contributed by atoms with van der Waals surface area (Å²) in [5, 5.41) is 9.20. The van der Waals surface area contributed by atoms with Crippen molar-refractivity contribution in [3.8, 4) is 23.1 Å². The molecule has 0 spiro atoms. The highest BCUT2D eigenvalue weighted by Crippen LogP contribution is 2.35. The van der Waals surface area contributed by atoms with Gasteiger partial charge >= 0.3 is 0 Å². The van der Waals surface area contributed by atoms with Gasteiger partial charge in [0, 0.05) is 43.6 Å². The van der Waals surface area contributed by atoms with Crippen LogP contribution in [-0.4, -0.2) is 40.7 Å². The molecule has 0 aliphatic carbocycles. The number of halogens is 2. The molecule has 6 nitrogen and oxygen atoms in total. The van der Waals surface area contributed by atoms with Gasteiger partial charge in [-0.25, -0.2) is 18.7 Å². The molecule has 0 N–H and O–H groups in total. The zero-order chi connectivity index (χ0) is 25.4. The summed E-state index contributed by atoms with van der Waals surface area (Å²) >= 11 is 0. The van der Waals surface area contributed by atoms with E-state index in [1.54, 1.807) is 29.0 Å². The molecule has 2 fully saturated rings. The van der Waals surface area contributed by atoms with Crippen LogP contribution in [0.3, 0.4) is 0 Å². The minimum absolute atomic E-state index is 0.0457. The summed E-state index contributed by atoms with van der Waals surface area (Å²) in [6.07, 6.45) is 8.54. The Hall–Kier alpha value is -3.99. The van der Waals surface area contributed by atoms with Gasteiger partial charge < -0.3 is 9.80 Å². The quantitative estimate of drug-likeness (QED) is 0.334. The Morgan fingerprint density at radius 2 is 1.49 bits per heavy atom. The molecule has 0 bridgehead atoms. The maximum atomic E-state index is 15.8. The number of nitrogens with zero attached hydrogens (tertiary/aromatic N) is 6. The van der Waals surface area contributed by atoms with Crippen molar-refractivity contribution < 1.29 is 8.78 Å². The fourth-order valence-corrected chi connectivity index (χ4v) is 5.54. The number of hydrogen-bond acceptors (Lipinski definition) is 5.